The molecule has 0 aliphatic heterocycles. The van der Waals surface area contributed by atoms with E-state index in [1.54, 1.807) is 6.07 Å². The maximum atomic E-state index is 13.4. The number of benzene rings is 1. The number of ketones is 1. The predicted molar refractivity (Wildman–Crippen MR) is 64.5 cm³/mol. The molecule has 0 spiro atoms. The van der Waals surface area contributed by atoms with Crippen molar-refractivity contribution in [3.8, 4) is 0 Å². The highest BCUT2D eigenvalue weighted by Crippen LogP contribution is 2.16. The fourth-order valence-corrected chi connectivity index (χ4v) is 1.60. The van der Waals surface area contributed by atoms with Crippen LogP contribution in [0.25, 0.3) is 0 Å². The van der Waals surface area contributed by atoms with Crippen LogP contribution in [-0.4, -0.2) is 22.9 Å². The van der Waals surface area contributed by atoms with Crippen LogP contribution >= 0.6 is 0 Å². The molecule has 0 bridgehead atoms. The smallest absolute Gasteiger partial charge is 0.307 e. The maximum Gasteiger partial charge on any atom is 0.307 e. The molecule has 0 aromatic heterocycles. The van der Waals surface area contributed by atoms with E-state index < -0.39 is 23.7 Å². The number of nitrogens with two attached hydrogens (primary N) is 1. The van der Waals surface area contributed by atoms with Crippen LogP contribution < -0.4 is 5.73 Å². The first-order valence-electron chi connectivity index (χ1n) is 5.66. The quantitative estimate of drug-likeness (QED) is 0.802. The van der Waals surface area contributed by atoms with Crippen molar-refractivity contribution < 1.29 is 19.1 Å². The van der Waals surface area contributed by atoms with E-state index in [-0.39, 0.29) is 18.6 Å². The molecule has 0 amide bonds. The van der Waals surface area contributed by atoms with Gasteiger partial charge >= 0.3 is 5.97 Å². The van der Waals surface area contributed by atoms with Crippen LogP contribution in [-0.2, 0) is 16.0 Å². The summed E-state index contributed by atoms with van der Waals surface area (Å²) in [6, 6.07) is 5.24. The first kappa shape index (κ1) is 14.3. The van der Waals surface area contributed by atoms with Gasteiger partial charge in [0, 0.05) is 6.42 Å². The summed E-state index contributed by atoms with van der Waals surface area (Å²) in [6.07, 6.45) is -0.193. The van der Waals surface area contributed by atoms with E-state index in [4.69, 9.17) is 10.8 Å². The van der Waals surface area contributed by atoms with Gasteiger partial charge in [-0.05, 0) is 25.0 Å². The lowest BCUT2D eigenvalue weighted by molar-refractivity contribution is -0.143. The van der Waals surface area contributed by atoms with E-state index in [9.17, 15) is 14.0 Å². The number of rotatable bonds is 6. The van der Waals surface area contributed by atoms with Gasteiger partial charge in [-0.3, -0.25) is 9.59 Å². The van der Waals surface area contributed by atoms with Crippen molar-refractivity contribution in [2.75, 3.05) is 0 Å². The Morgan fingerprint density at radius 3 is 2.50 bits per heavy atom. The molecule has 1 aromatic carbocycles. The van der Waals surface area contributed by atoms with Crippen molar-refractivity contribution in [3.63, 3.8) is 0 Å². The summed E-state index contributed by atoms with van der Waals surface area (Å²) in [7, 11) is 0. The van der Waals surface area contributed by atoms with Crippen molar-refractivity contribution in [1.29, 1.82) is 0 Å². The molecule has 0 saturated carbocycles. The molecule has 5 heteroatoms. The standard InChI is InChI=1S/C13H16FNO3/c1-8(15)12(16)7-10(13(17)18)6-9-4-2-3-5-11(9)14/h2-5,8,10H,6-7,15H2,1H3,(H,17,18)/t8-,10-/m0/s1. The average molecular weight is 253 g/mol. The Kier molecular flexibility index (Phi) is 4.97. The summed E-state index contributed by atoms with van der Waals surface area (Å²) >= 11 is 0. The molecule has 4 nitrogen and oxygen atoms in total. The molecule has 0 aliphatic rings. The Bertz CT molecular complexity index is 446. The number of Topliss-reactive ketones (excluding diaryl/α,β-unsaturated/α-hetero) is 1. The van der Waals surface area contributed by atoms with Gasteiger partial charge < -0.3 is 10.8 Å². The molecule has 0 radical (unpaired) electrons. The number of hydrogen-bond donors (Lipinski definition) is 2. The minimum absolute atomic E-state index is 0.0134. The Morgan fingerprint density at radius 2 is 2.00 bits per heavy atom. The van der Waals surface area contributed by atoms with E-state index in [1.807, 2.05) is 0 Å². The van der Waals surface area contributed by atoms with Crippen molar-refractivity contribution in [1.82, 2.24) is 0 Å². The number of carbonyl (C=O) groups excluding carboxylic acids is 1. The molecule has 0 fully saturated rings. The molecular weight excluding hydrogens is 237 g/mol. The van der Waals surface area contributed by atoms with Crippen LogP contribution in [0, 0.1) is 11.7 Å². The molecule has 3 N–H and O–H groups in total. The van der Waals surface area contributed by atoms with Crippen LogP contribution in [0.15, 0.2) is 24.3 Å². The van der Waals surface area contributed by atoms with Gasteiger partial charge in [-0.2, -0.15) is 0 Å². The molecular formula is C13H16FNO3. The summed E-state index contributed by atoms with van der Waals surface area (Å²) in [5, 5.41) is 9.04. The van der Waals surface area contributed by atoms with Crippen molar-refractivity contribution in [3.05, 3.63) is 35.6 Å². The van der Waals surface area contributed by atoms with Crippen molar-refractivity contribution in [2.24, 2.45) is 11.7 Å². The van der Waals surface area contributed by atoms with Crippen molar-refractivity contribution >= 4 is 11.8 Å². The summed E-state index contributed by atoms with van der Waals surface area (Å²) in [4.78, 5) is 22.5. The molecule has 1 aromatic rings. The lowest BCUT2D eigenvalue weighted by atomic mass is 9.92. The van der Waals surface area contributed by atoms with E-state index in [2.05, 4.69) is 0 Å². The SMILES string of the molecule is C[C@H](N)C(=O)C[C@H](Cc1ccccc1F)C(=O)O. The first-order chi connectivity index (χ1) is 8.41. The minimum Gasteiger partial charge on any atom is -0.481 e. The number of carbonyl (C=O) groups is 2. The maximum absolute atomic E-state index is 13.4. The molecule has 18 heavy (non-hydrogen) atoms. The highest BCUT2D eigenvalue weighted by atomic mass is 19.1. The van der Waals surface area contributed by atoms with E-state index in [0.717, 1.165) is 0 Å². The lowest BCUT2D eigenvalue weighted by Crippen LogP contribution is -2.31. The summed E-state index contributed by atoms with van der Waals surface area (Å²) in [5.74, 6) is -2.86. The van der Waals surface area contributed by atoms with Crippen molar-refractivity contribution in [2.45, 2.75) is 25.8 Å². The second kappa shape index (κ2) is 6.26. The van der Waals surface area contributed by atoms with Gasteiger partial charge in [0.15, 0.2) is 0 Å². The molecule has 2 atom stereocenters. The number of aliphatic carboxylic acids is 1. The van der Waals surface area contributed by atoms with Gasteiger partial charge in [-0.15, -0.1) is 0 Å². The van der Waals surface area contributed by atoms with Crippen LogP contribution in [0.5, 0.6) is 0 Å². The van der Waals surface area contributed by atoms with Gasteiger partial charge in [0.1, 0.15) is 11.6 Å². The number of carboxylic acid groups (broad SMARTS) is 1. The molecule has 0 saturated heterocycles. The highest BCUT2D eigenvalue weighted by molar-refractivity contribution is 5.87. The summed E-state index contributed by atoms with van der Waals surface area (Å²) < 4.78 is 13.4. The van der Waals surface area contributed by atoms with E-state index in [1.165, 1.54) is 25.1 Å². The number of halogens is 1. The first-order valence-corrected chi connectivity index (χ1v) is 5.66. The second-order valence-electron chi connectivity index (χ2n) is 4.29. The largest absolute Gasteiger partial charge is 0.481 e. The van der Waals surface area contributed by atoms with E-state index >= 15 is 0 Å². The Morgan fingerprint density at radius 1 is 1.39 bits per heavy atom. The Balaban J connectivity index is 2.79. The van der Waals surface area contributed by atoms with Gasteiger partial charge in [-0.1, -0.05) is 18.2 Å². The van der Waals surface area contributed by atoms with Crippen LogP contribution in [0.4, 0.5) is 4.39 Å². The third-order valence-electron chi connectivity index (χ3n) is 2.73. The van der Waals surface area contributed by atoms with Crippen LogP contribution in [0.3, 0.4) is 0 Å². The van der Waals surface area contributed by atoms with Gasteiger partial charge in [0.25, 0.3) is 0 Å². The zero-order valence-electron chi connectivity index (χ0n) is 10.1. The van der Waals surface area contributed by atoms with Crippen LogP contribution in [0.1, 0.15) is 18.9 Å². The predicted octanol–water partition coefficient (Wildman–Crippen LogP) is 1.38. The lowest BCUT2D eigenvalue weighted by Gasteiger charge is -2.13. The average Bonchev–Trinajstić information content (AvgIpc) is 2.30. The fraction of sp³-hybridized carbons (Fsp3) is 0.385. The Hall–Kier alpha value is -1.75. The zero-order valence-corrected chi connectivity index (χ0v) is 10.1. The molecule has 0 unspecified atom stereocenters. The highest BCUT2D eigenvalue weighted by Gasteiger charge is 2.24. The minimum atomic E-state index is -1.12. The second-order valence-corrected chi connectivity index (χ2v) is 4.29. The molecule has 1 rings (SSSR count). The third kappa shape index (κ3) is 3.92. The Labute approximate surface area is 105 Å². The van der Waals surface area contributed by atoms with Gasteiger partial charge in [-0.25, -0.2) is 4.39 Å². The topological polar surface area (TPSA) is 80.4 Å². The zero-order chi connectivity index (χ0) is 13.7. The van der Waals surface area contributed by atoms with E-state index in [0.29, 0.717) is 5.56 Å². The fourth-order valence-electron chi connectivity index (χ4n) is 1.60. The molecule has 0 heterocycles. The number of carboxylic acids is 1. The van der Waals surface area contributed by atoms with Gasteiger partial charge in [0.05, 0.1) is 12.0 Å². The summed E-state index contributed by atoms with van der Waals surface area (Å²) in [6.45, 7) is 1.50. The number of hydrogen-bond acceptors (Lipinski definition) is 3. The van der Waals surface area contributed by atoms with Crippen LogP contribution in [0.2, 0.25) is 0 Å². The molecule has 0 aliphatic carbocycles. The van der Waals surface area contributed by atoms with Gasteiger partial charge in [0.2, 0.25) is 0 Å². The normalized spacial score (nSPS) is 13.9. The third-order valence-corrected chi connectivity index (χ3v) is 2.73. The monoisotopic (exact) mass is 253 g/mol. The molecule has 98 valence electrons. The summed E-state index contributed by atoms with van der Waals surface area (Å²) in [5.41, 5.74) is 5.68.